The van der Waals surface area contributed by atoms with Gasteiger partial charge in [0, 0.05) is 6.07 Å². The third kappa shape index (κ3) is 3.34. The van der Waals surface area contributed by atoms with E-state index >= 15 is 0 Å². The monoisotopic (exact) mass is 218 g/mol. The zero-order valence-corrected chi connectivity index (χ0v) is 7.25. The van der Waals surface area contributed by atoms with Gasteiger partial charge in [0.2, 0.25) is 0 Å². The third-order valence-electron chi connectivity index (χ3n) is 1.39. The number of pyridine rings is 1. The fourth-order valence-electron chi connectivity index (χ4n) is 0.883. The van der Waals surface area contributed by atoms with Crippen LogP contribution >= 0.6 is 0 Å². The van der Waals surface area contributed by atoms with Crippen molar-refractivity contribution in [3.05, 3.63) is 18.0 Å². The van der Waals surface area contributed by atoms with Crippen LogP contribution in [-0.2, 0) is 6.42 Å². The summed E-state index contributed by atoms with van der Waals surface area (Å²) in [4.78, 5) is 3.45. The molecule has 0 radical (unpaired) electrons. The molecule has 0 aliphatic rings. The van der Waals surface area contributed by atoms with Crippen molar-refractivity contribution < 1.29 is 23.0 Å². The van der Waals surface area contributed by atoms with Gasteiger partial charge in [-0.05, 0) is 0 Å². The fraction of sp³-hybridized carbons (Fsp3) is 0.250. The van der Waals surface area contributed by atoms with E-state index in [4.69, 9.17) is 10.4 Å². The van der Waals surface area contributed by atoms with Crippen LogP contribution in [0.15, 0.2) is 12.3 Å². The Morgan fingerprint density at radius 3 is 2.73 bits per heavy atom. The molecule has 1 aromatic heterocycles. The van der Waals surface area contributed by atoms with Gasteiger partial charge in [0.05, 0.1) is 24.4 Å². The number of nitrogens with zero attached hydrogens (tertiary/aromatic N) is 2. The number of alkyl halides is 3. The molecule has 0 aliphatic heterocycles. The predicted octanol–water partition coefficient (Wildman–Crippen LogP) is 1.75. The van der Waals surface area contributed by atoms with Crippen molar-refractivity contribution in [3.8, 4) is 17.6 Å². The molecule has 4 nitrogen and oxygen atoms in total. The number of aromatic nitrogens is 1. The van der Waals surface area contributed by atoms with E-state index in [0.29, 0.717) is 0 Å². The number of aromatic hydroxyl groups is 1. The summed E-state index contributed by atoms with van der Waals surface area (Å²) in [6, 6.07) is 2.40. The van der Waals surface area contributed by atoms with Crippen LogP contribution in [-0.4, -0.2) is 16.5 Å². The van der Waals surface area contributed by atoms with Crippen LogP contribution in [0.25, 0.3) is 0 Å². The fourth-order valence-corrected chi connectivity index (χ4v) is 0.883. The minimum Gasteiger partial charge on any atom is -0.506 e. The second-order valence-electron chi connectivity index (χ2n) is 2.52. The highest BCUT2D eigenvalue weighted by molar-refractivity contribution is 5.35. The Kier molecular flexibility index (Phi) is 2.99. The Morgan fingerprint density at radius 1 is 1.53 bits per heavy atom. The lowest BCUT2D eigenvalue weighted by molar-refractivity contribution is -0.275. The number of rotatable bonds is 2. The molecular formula is C8H5F3N2O2. The highest BCUT2D eigenvalue weighted by atomic mass is 19.4. The molecule has 0 spiro atoms. The van der Waals surface area contributed by atoms with E-state index in [9.17, 15) is 13.2 Å². The Hall–Kier alpha value is -1.97. The summed E-state index contributed by atoms with van der Waals surface area (Å²) >= 11 is 0. The molecule has 0 aliphatic carbocycles. The van der Waals surface area contributed by atoms with Crippen molar-refractivity contribution in [2.24, 2.45) is 0 Å². The van der Waals surface area contributed by atoms with E-state index < -0.39 is 17.9 Å². The SMILES string of the molecule is N#CCc1ncc(O)cc1OC(F)(F)F. The highest BCUT2D eigenvalue weighted by Gasteiger charge is 2.32. The molecule has 1 N–H and O–H groups in total. The molecule has 0 saturated heterocycles. The maximum Gasteiger partial charge on any atom is 0.573 e. The minimum absolute atomic E-state index is 0.173. The van der Waals surface area contributed by atoms with Crippen LogP contribution in [0.3, 0.4) is 0 Å². The quantitative estimate of drug-likeness (QED) is 0.821. The molecule has 0 unspecified atom stereocenters. The molecular weight excluding hydrogens is 213 g/mol. The van der Waals surface area contributed by atoms with Crippen LogP contribution in [0.1, 0.15) is 5.69 Å². The zero-order valence-electron chi connectivity index (χ0n) is 7.25. The van der Waals surface area contributed by atoms with Gasteiger partial charge in [-0.2, -0.15) is 5.26 Å². The van der Waals surface area contributed by atoms with Crippen molar-refractivity contribution in [1.82, 2.24) is 4.98 Å². The lowest BCUT2D eigenvalue weighted by Gasteiger charge is -2.11. The molecule has 0 atom stereocenters. The highest BCUT2D eigenvalue weighted by Crippen LogP contribution is 2.28. The molecule has 1 heterocycles. The van der Waals surface area contributed by atoms with Gasteiger partial charge in [0.15, 0.2) is 5.75 Å². The number of ether oxygens (including phenoxy) is 1. The topological polar surface area (TPSA) is 66.1 Å². The number of hydrogen-bond donors (Lipinski definition) is 1. The van der Waals surface area contributed by atoms with Gasteiger partial charge >= 0.3 is 6.36 Å². The van der Waals surface area contributed by atoms with Crippen molar-refractivity contribution >= 4 is 0 Å². The Morgan fingerprint density at radius 2 is 2.20 bits per heavy atom. The summed E-state index contributed by atoms with van der Waals surface area (Å²) in [5.74, 6) is -1.13. The summed E-state index contributed by atoms with van der Waals surface area (Å²) in [5.41, 5.74) is -0.173. The maximum absolute atomic E-state index is 11.9. The van der Waals surface area contributed by atoms with Crippen molar-refractivity contribution in [1.29, 1.82) is 5.26 Å². The molecule has 0 bridgehead atoms. The van der Waals surface area contributed by atoms with Crippen molar-refractivity contribution in [3.63, 3.8) is 0 Å². The van der Waals surface area contributed by atoms with Gasteiger partial charge in [-0.3, -0.25) is 4.98 Å². The molecule has 0 fully saturated rings. The first-order valence-corrected chi connectivity index (χ1v) is 3.73. The second kappa shape index (κ2) is 4.04. The Balaban J connectivity index is 3.03. The van der Waals surface area contributed by atoms with E-state index in [1.165, 1.54) is 0 Å². The molecule has 0 saturated carbocycles. The van der Waals surface area contributed by atoms with Gasteiger partial charge in [-0.15, -0.1) is 13.2 Å². The first-order valence-electron chi connectivity index (χ1n) is 3.73. The second-order valence-corrected chi connectivity index (χ2v) is 2.52. The third-order valence-corrected chi connectivity index (χ3v) is 1.39. The van der Waals surface area contributed by atoms with Crippen molar-refractivity contribution in [2.45, 2.75) is 12.8 Å². The van der Waals surface area contributed by atoms with Crippen LogP contribution in [0.5, 0.6) is 11.5 Å². The predicted molar refractivity (Wildman–Crippen MR) is 41.9 cm³/mol. The summed E-state index contributed by atoms with van der Waals surface area (Å²) in [6.45, 7) is 0. The zero-order chi connectivity index (χ0) is 11.5. The lowest BCUT2D eigenvalue weighted by atomic mass is 10.2. The van der Waals surface area contributed by atoms with Crippen LogP contribution < -0.4 is 4.74 Å². The average Bonchev–Trinajstić information content (AvgIpc) is 2.07. The molecule has 7 heteroatoms. The lowest BCUT2D eigenvalue weighted by Crippen LogP contribution is -2.18. The molecule has 80 valence electrons. The number of nitriles is 1. The van der Waals surface area contributed by atoms with E-state index in [1.807, 2.05) is 0 Å². The van der Waals surface area contributed by atoms with Gasteiger partial charge in [0.1, 0.15) is 5.75 Å². The molecule has 15 heavy (non-hydrogen) atoms. The minimum atomic E-state index is -4.88. The van der Waals surface area contributed by atoms with Gasteiger partial charge in [-0.25, -0.2) is 0 Å². The molecule has 0 amide bonds. The smallest absolute Gasteiger partial charge is 0.506 e. The summed E-state index contributed by atoms with van der Waals surface area (Å²) in [7, 11) is 0. The Bertz CT molecular complexity index is 398. The summed E-state index contributed by atoms with van der Waals surface area (Å²) in [5, 5.41) is 17.2. The van der Waals surface area contributed by atoms with Gasteiger partial charge in [0.25, 0.3) is 0 Å². The number of halogens is 3. The number of hydrogen-bond acceptors (Lipinski definition) is 4. The van der Waals surface area contributed by atoms with Crippen LogP contribution in [0.2, 0.25) is 0 Å². The largest absolute Gasteiger partial charge is 0.573 e. The maximum atomic E-state index is 11.9. The normalized spacial score (nSPS) is 10.8. The average molecular weight is 218 g/mol. The summed E-state index contributed by atoms with van der Waals surface area (Å²) < 4.78 is 39.2. The van der Waals surface area contributed by atoms with E-state index in [2.05, 4.69) is 9.72 Å². The first-order chi connectivity index (χ1) is 6.92. The van der Waals surface area contributed by atoms with Crippen molar-refractivity contribution in [2.75, 3.05) is 0 Å². The van der Waals surface area contributed by atoms with Crippen LogP contribution in [0.4, 0.5) is 13.2 Å². The van der Waals surface area contributed by atoms with Gasteiger partial charge < -0.3 is 9.84 Å². The summed E-state index contributed by atoms with van der Waals surface area (Å²) in [6.07, 6.45) is -4.26. The molecule has 0 aromatic carbocycles. The van der Waals surface area contributed by atoms with Gasteiger partial charge in [-0.1, -0.05) is 0 Å². The van der Waals surface area contributed by atoms with E-state index in [1.54, 1.807) is 6.07 Å². The first kappa shape index (κ1) is 11.1. The Labute approximate surface area is 82.5 Å². The standard InChI is InChI=1S/C8H5F3N2O2/c9-8(10,11)15-7-3-5(14)4-13-6(7)1-2-12/h3-4,14H,1H2. The van der Waals surface area contributed by atoms with E-state index in [-0.39, 0.29) is 12.1 Å². The van der Waals surface area contributed by atoms with E-state index in [0.717, 1.165) is 12.3 Å². The molecule has 1 rings (SSSR count). The molecule has 1 aromatic rings. The van der Waals surface area contributed by atoms with Crippen LogP contribution in [0, 0.1) is 11.3 Å².